The van der Waals surface area contributed by atoms with Crippen molar-refractivity contribution in [3.63, 3.8) is 0 Å². The molecule has 8 nitrogen and oxygen atoms in total. The molecule has 1 heterocycles. The van der Waals surface area contributed by atoms with Crippen LogP contribution in [-0.2, 0) is 4.79 Å². The summed E-state index contributed by atoms with van der Waals surface area (Å²) in [5.41, 5.74) is 5.52. The maximum atomic E-state index is 14.5. The fourth-order valence-electron chi connectivity index (χ4n) is 2.58. The number of carbonyl (C=O) groups excluding carboxylic acids is 1. The SMILES string of the molecule is CC(=Nc1ccccc1F)C(=NN)C(=O)Nc1ccc(Oc2ccnc(N)c2Cl)c(F)c1. The van der Waals surface area contributed by atoms with Crippen molar-refractivity contribution in [1.82, 2.24) is 4.98 Å². The smallest absolute Gasteiger partial charge is 0.277 e. The second-order valence-corrected chi connectivity index (χ2v) is 6.71. The Bertz CT molecular complexity index is 1230. The van der Waals surface area contributed by atoms with Crippen molar-refractivity contribution < 1.29 is 18.3 Å². The van der Waals surface area contributed by atoms with Crippen LogP contribution in [0.1, 0.15) is 6.92 Å². The number of hydrogen-bond donors (Lipinski definition) is 3. The number of anilines is 2. The average molecular weight is 459 g/mol. The van der Waals surface area contributed by atoms with Gasteiger partial charge < -0.3 is 21.6 Å². The molecular weight excluding hydrogens is 442 g/mol. The molecule has 0 fully saturated rings. The molecule has 1 amide bonds. The van der Waals surface area contributed by atoms with Gasteiger partial charge >= 0.3 is 0 Å². The highest BCUT2D eigenvalue weighted by atomic mass is 35.5. The van der Waals surface area contributed by atoms with E-state index in [1.807, 2.05) is 0 Å². The molecule has 0 saturated carbocycles. The van der Waals surface area contributed by atoms with E-state index >= 15 is 0 Å². The van der Waals surface area contributed by atoms with Crippen molar-refractivity contribution in [2.75, 3.05) is 11.1 Å². The Morgan fingerprint density at radius 3 is 2.56 bits per heavy atom. The number of pyridine rings is 1. The third-order valence-corrected chi connectivity index (χ3v) is 4.50. The summed E-state index contributed by atoms with van der Waals surface area (Å²) in [4.78, 5) is 20.4. The van der Waals surface area contributed by atoms with Gasteiger partial charge in [-0.25, -0.2) is 18.8 Å². The van der Waals surface area contributed by atoms with Crippen LogP contribution in [0.3, 0.4) is 0 Å². The molecule has 0 bridgehead atoms. The Labute approximate surface area is 186 Å². The standard InChI is InChI=1S/C21H17ClF2N6O2/c1-11(28-15-5-3-2-4-13(15)23)19(30-26)21(31)29-12-6-7-16(14(24)10-12)32-17-8-9-27-20(25)18(17)22/h2-10H,26H2,1H3,(H2,25,27)(H,29,31). The number of benzene rings is 2. The summed E-state index contributed by atoms with van der Waals surface area (Å²) in [6.07, 6.45) is 1.36. The van der Waals surface area contributed by atoms with E-state index in [2.05, 4.69) is 20.4 Å². The summed E-state index contributed by atoms with van der Waals surface area (Å²) in [5, 5.41) is 5.91. The maximum absolute atomic E-state index is 14.5. The summed E-state index contributed by atoms with van der Waals surface area (Å²) in [5.74, 6) is 3.21. The van der Waals surface area contributed by atoms with Gasteiger partial charge in [0.1, 0.15) is 16.7 Å². The lowest BCUT2D eigenvalue weighted by molar-refractivity contribution is -0.110. The van der Waals surface area contributed by atoms with Gasteiger partial charge in [-0.2, -0.15) is 5.10 Å². The molecular formula is C21H17ClF2N6O2. The van der Waals surface area contributed by atoms with Gasteiger partial charge in [0.15, 0.2) is 23.0 Å². The monoisotopic (exact) mass is 458 g/mol. The predicted octanol–water partition coefficient (Wildman–Crippen LogP) is 4.43. The third-order valence-electron chi connectivity index (χ3n) is 4.12. The number of para-hydroxylation sites is 1. The van der Waals surface area contributed by atoms with Crippen LogP contribution in [0.2, 0.25) is 5.02 Å². The molecule has 0 aliphatic carbocycles. The summed E-state index contributed by atoms with van der Waals surface area (Å²) < 4.78 is 33.7. The fourth-order valence-corrected chi connectivity index (χ4v) is 2.73. The van der Waals surface area contributed by atoms with E-state index < -0.39 is 17.5 Å². The quantitative estimate of drug-likeness (QED) is 0.286. The zero-order valence-corrected chi connectivity index (χ0v) is 17.4. The Balaban J connectivity index is 1.76. The van der Waals surface area contributed by atoms with Crippen molar-refractivity contribution in [2.45, 2.75) is 6.92 Å². The number of aliphatic imine (C=N–C) groups is 1. The largest absolute Gasteiger partial charge is 0.453 e. The summed E-state index contributed by atoms with van der Waals surface area (Å²) in [7, 11) is 0. The number of ether oxygens (including phenoxy) is 1. The van der Waals surface area contributed by atoms with Gasteiger partial charge in [0, 0.05) is 24.0 Å². The zero-order valence-electron chi connectivity index (χ0n) is 16.6. The van der Waals surface area contributed by atoms with Crippen LogP contribution in [0.15, 0.2) is 64.8 Å². The van der Waals surface area contributed by atoms with Crippen LogP contribution in [0.5, 0.6) is 11.5 Å². The second-order valence-electron chi connectivity index (χ2n) is 6.34. The molecule has 0 unspecified atom stereocenters. The first-order chi connectivity index (χ1) is 15.3. The van der Waals surface area contributed by atoms with E-state index in [9.17, 15) is 13.6 Å². The van der Waals surface area contributed by atoms with E-state index in [1.165, 1.54) is 49.5 Å². The number of nitrogen functional groups attached to an aromatic ring is 1. The molecule has 3 rings (SSSR count). The molecule has 0 radical (unpaired) electrons. The van der Waals surface area contributed by atoms with E-state index in [0.29, 0.717) is 0 Å². The number of hydrazone groups is 1. The van der Waals surface area contributed by atoms with Crippen molar-refractivity contribution in [3.05, 3.63) is 71.4 Å². The van der Waals surface area contributed by atoms with Crippen LogP contribution in [0, 0.1) is 11.6 Å². The lowest BCUT2D eigenvalue weighted by atomic mass is 10.2. The lowest BCUT2D eigenvalue weighted by Gasteiger charge is -2.11. The lowest BCUT2D eigenvalue weighted by Crippen LogP contribution is -2.29. The number of amides is 1. The number of halogens is 3. The summed E-state index contributed by atoms with van der Waals surface area (Å²) >= 11 is 5.99. The van der Waals surface area contributed by atoms with Gasteiger partial charge in [0.2, 0.25) is 0 Å². The van der Waals surface area contributed by atoms with Gasteiger partial charge in [0.05, 0.1) is 11.4 Å². The minimum Gasteiger partial charge on any atom is -0.453 e. The predicted molar refractivity (Wildman–Crippen MR) is 120 cm³/mol. The molecule has 0 aliphatic rings. The van der Waals surface area contributed by atoms with E-state index in [0.717, 1.165) is 6.07 Å². The normalized spacial score (nSPS) is 11.9. The minimum atomic E-state index is -0.780. The number of nitrogens with two attached hydrogens (primary N) is 2. The van der Waals surface area contributed by atoms with E-state index in [1.54, 1.807) is 6.07 Å². The first-order valence-electron chi connectivity index (χ1n) is 9.07. The molecule has 5 N–H and O–H groups in total. The van der Waals surface area contributed by atoms with Gasteiger partial charge in [-0.05, 0) is 31.2 Å². The van der Waals surface area contributed by atoms with Crippen molar-refractivity contribution in [1.29, 1.82) is 0 Å². The summed E-state index contributed by atoms with van der Waals surface area (Å²) in [6.45, 7) is 1.44. The minimum absolute atomic E-state index is 0.0157. The highest BCUT2D eigenvalue weighted by molar-refractivity contribution is 6.68. The van der Waals surface area contributed by atoms with E-state index in [-0.39, 0.29) is 45.1 Å². The average Bonchev–Trinajstić information content (AvgIpc) is 2.75. The third kappa shape index (κ3) is 5.16. The van der Waals surface area contributed by atoms with E-state index in [4.69, 9.17) is 27.9 Å². The highest BCUT2D eigenvalue weighted by Crippen LogP contribution is 2.33. The molecule has 1 aromatic heterocycles. The Morgan fingerprint density at radius 2 is 1.88 bits per heavy atom. The fraction of sp³-hybridized carbons (Fsp3) is 0.0476. The number of hydrogen-bond acceptors (Lipinski definition) is 7. The number of carbonyl (C=O) groups is 1. The molecule has 0 spiro atoms. The van der Waals surface area contributed by atoms with Gasteiger partial charge in [-0.1, -0.05) is 23.7 Å². The van der Waals surface area contributed by atoms with Gasteiger partial charge in [-0.15, -0.1) is 0 Å². The molecule has 11 heteroatoms. The molecule has 32 heavy (non-hydrogen) atoms. The zero-order chi connectivity index (χ0) is 23.3. The molecule has 0 aliphatic heterocycles. The molecule has 2 aromatic carbocycles. The van der Waals surface area contributed by atoms with Crippen molar-refractivity contribution >= 4 is 46.1 Å². The first-order valence-corrected chi connectivity index (χ1v) is 9.44. The Morgan fingerprint density at radius 1 is 1.12 bits per heavy atom. The van der Waals surface area contributed by atoms with Crippen LogP contribution < -0.4 is 21.6 Å². The number of nitrogens with one attached hydrogen (secondary N) is 1. The Kier molecular flexibility index (Phi) is 6.96. The molecule has 0 saturated heterocycles. The van der Waals surface area contributed by atoms with Crippen LogP contribution >= 0.6 is 11.6 Å². The van der Waals surface area contributed by atoms with Gasteiger partial charge in [0.25, 0.3) is 5.91 Å². The maximum Gasteiger partial charge on any atom is 0.277 e. The van der Waals surface area contributed by atoms with Crippen LogP contribution in [0.4, 0.5) is 26.0 Å². The van der Waals surface area contributed by atoms with Crippen LogP contribution in [0.25, 0.3) is 0 Å². The number of nitrogens with zero attached hydrogens (tertiary/aromatic N) is 3. The van der Waals surface area contributed by atoms with Crippen molar-refractivity contribution in [3.8, 4) is 11.5 Å². The first kappa shape index (κ1) is 22.6. The molecule has 0 atom stereocenters. The van der Waals surface area contributed by atoms with Crippen molar-refractivity contribution in [2.24, 2.45) is 15.9 Å². The van der Waals surface area contributed by atoms with Crippen LogP contribution in [-0.4, -0.2) is 22.3 Å². The van der Waals surface area contributed by atoms with Gasteiger partial charge in [-0.3, -0.25) is 4.79 Å². The Hall–Kier alpha value is -4.05. The molecule has 164 valence electrons. The number of aromatic nitrogens is 1. The second kappa shape index (κ2) is 9.84. The number of rotatable bonds is 6. The highest BCUT2D eigenvalue weighted by Gasteiger charge is 2.17. The summed E-state index contributed by atoms with van der Waals surface area (Å²) in [6, 6.07) is 10.9. The molecule has 3 aromatic rings. The topological polar surface area (TPSA) is 128 Å².